The number of aromatic nitrogens is 3. The molecule has 3 aromatic rings. The third-order valence-corrected chi connectivity index (χ3v) is 5.90. The third-order valence-electron chi connectivity index (χ3n) is 5.90. The fraction of sp³-hybridized carbons (Fsp3) is 0.409. The maximum absolute atomic E-state index is 13.2. The summed E-state index contributed by atoms with van der Waals surface area (Å²) in [6, 6.07) is 4.77. The molecule has 32 heavy (non-hydrogen) atoms. The number of piperidine rings is 1. The maximum atomic E-state index is 13.2. The van der Waals surface area contributed by atoms with E-state index in [4.69, 9.17) is 5.73 Å². The lowest BCUT2D eigenvalue weighted by Crippen LogP contribution is -2.31. The number of hydrogen-bond donors (Lipinski definition) is 3. The number of aromatic amines is 1. The monoisotopic (exact) mass is 446 g/mol. The fourth-order valence-corrected chi connectivity index (χ4v) is 4.20. The smallest absolute Gasteiger partial charge is 0.399 e. The van der Waals surface area contributed by atoms with Gasteiger partial charge in [0, 0.05) is 35.4 Å². The number of anilines is 2. The summed E-state index contributed by atoms with van der Waals surface area (Å²) in [7, 11) is 2.06. The molecule has 0 unspecified atom stereocenters. The van der Waals surface area contributed by atoms with Gasteiger partial charge in [0.2, 0.25) is 0 Å². The summed E-state index contributed by atoms with van der Waals surface area (Å²) in [5.41, 5.74) is 5.78. The van der Waals surface area contributed by atoms with Crippen molar-refractivity contribution in [2.45, 2.75) is 37.9 Å². The van der Waals surface area contributed by atoms with Gasteiger partial charge < -0.3 is 16.0 Å². The number of rotatable bonds is 4. The van der Waals surface area contributed by atoms with Crippen LogP contribution < -0.4 is 16.6 Å². The number of H-pyrrole nitrogens is 1. The van der Waals surface area contributed by atoms with Crippen molar-refractivity contribution in [1.29, 1.82) is 0 Å². The summed E-state index contributed by atoms with van der Waals surface area (Å²) in [6.45, 7) is 3.62. The first-order valence-electron chi connectivity index (χ1n) is 10.4. The topological polar surface area (TPSA) is 99.9 Å². The van der Waals surface area contributed by atoms with Crippen molar-refractivity contribution in [3.63, 3.8) is 0 Å². The van der Waals surface area contributed by atoms with Crippen LogP contribution in [-0.2, 0) is 6.18 Å². The number of nitrogens with two attached hydrogens (primary N) is 1. The van der Waals surface area contributed by atoms with Crippen LogP contribution in [0.15, 0.2) is 35.3 Å². The third kappa shape index (κ3) is 4.55. The molecule has 1 aliphatic heterocycles. The van der Waals surface area contributed by atoms with E-state index in [-0.39, 0.29) is 17.2 Å². The van der Waals surface area contributed by atoms with Crippen LogP contribution in [0.2, 0.25) is 0 Å². The Labute approximate surface area is 182 Å². The zero-order valence-electron chi connectivity index (χ0n) is 17.8. The number of likely N-dealkylation sites (N-methyl/N-ethyl adjacent to an activating group) is 1. The molecule has 0 amide bonds. The Morgan fingerprint density at radius 1 is 1.25 bits per heavy atom. The first-order chi connectivity index (χ1) is 15.1. The minimum atomic E-state index is -4.50. The van der Waals surface area contributed by atoms with Crippen molar-refractivity contribution in [3.05, 3.63) is 57.6 Å². The molecule has 0 aliphatic carbocycles. The summed E-state index contributed by atoms with van der Waals surface area (Å²) < 4.78 is 39.6. The Hall–Kier alpha value is -3.14. The van der Waals surface area contributed by atoms with Gasteiger partial charge in [0.15, 0.2) is 5.82 Å². The van der Waals surface area contributed by atoms with Gasteiger partial charge in [-0.1, -0.05) is 0 Å². The second kappa shape index (κ2) is 8.42. The highest BCUT2D eigenvalue weighted by atomic mass is 19.4. The number of nitrogens with zero attached hydrogens (tertiary/aromatic N) is 3. The highest BCUT2D eigenvalue weighted by molar-refractivity contribution is 5.90. The average molecular weight is 446 g/mol. The van der Waals surface area contributed by atoms with Crippen molar-refractivity contribution >= 4 is 22.3 Å². The first-order valence-corrected chi connectivity index (χ1v) is 10.4. The molecular formula is C22H25F3N6O. The molecule has 1 aromatic carbocycles. The van der Waals surface area contributed by atoms with E-state index < -0.39 is 17.8 Å². The highest BCUT2D eigenvalue weighted by Gasteiger charge is 2.31. The van der Waals surface area contributed by atoms with E-state index in [0.717, 1.165) is 43.8 Å². The van der Waals surface area contributed by atoms with Gasteiger partial charge in [0.05, 0.1) is 17.0 Å². The van der Waals surface area contributed by atoms with Crippen LogP contribution >= 0.6 is 0 Å². The van der Waals surface area contributed by atoms with Crippen LogP contribution in [0.3, 0.4) is 0 Å². The van der Waals surface area contributed by atoms with Crippen LogP contribution in [0, 0.1) is 0 Å². The molecule has 1 fully saturated rings. The summed E-state index contributed by atoms with van der Waals surface area (Å²) in [4.78, 5) is 19.0. The number of benzene rings is 1. The van der Waals surface area contributed by atoms with E-state index in [9.17, 15) is 18.0 Å². The van der Waals surface area contributed by atoms with Crippen molar-refractivity contribution in [2.24, 2.45) is 0 Å². The second-order valence-electron chi connectivity index (χ2n) is 8.41. The number of nitrogen functional groups attached to an aromatic ring is 1. The number of nitrogens with one attached hydrogen (secondary N) is 2. The number of likely N-dealkylation sites (tertiary alicyclic amines) is 1. The molecule has 0 bridgehead atoms. The van der Waals surface area contributed by atoms with Crippen LogP contribution in [0.5, 0.6) is 0 Å². The zero-order valence-corrected chi connectivity index (χ0v) is 17.8. The molecule has 10 heteroatoms. The SMILES string of the molecule is C[C@@H](Nc1n[nH]c(=O)c2cnc([C@@H]3CCCN(C)C3)cc12)c1cc(N)cc(C(F)(F)F)c1. The molecule has 0 radical (unpaired) electrons. The van der Waals surface area contributed by atoms with Gasteiger partial charge in [0.25, 0.3) is 5.56 Å². The lowest BCUT2D eigenvalue weighted by atomic mass is 9.94. The molecule has 1 aliphatic rings. The molecule has 4 N–H and O–H groups in total. The molecule has 0 spiro atoms. The first kappa shape index (κ1) is 22.1. The van der Waals surface area contributed by atoms with E-state index >= 15 is 0 Å². The molecule has 7 nitrogen and oxygen atoms in total. The molecule has 3 heterocycles. The minimum Gasteiger partial charge on any atom is -0.399 e. The quantitative estimate of drug-likeness (QED) is 0.526. The van der Waals surface area contributed by atoms with Crippen LogP contribution in [0.1, 0.15) is 48.5 Å². The molecule has 0 saturated carbocycles. The van der Waals surface area contributed by atoms with Gasteiger partial charge in [-0.25, -0.2) is 5.10 Å². The lowest BCUT2D eigenvalue weighted by Gasteiger charge is -2.29. The number of fused-ring (bicyclic) bond motifs is 1. The summed E-state index contributed by atoms with van der Waals surface area (Å²) in [5.74, 6) is 0.613. The minimum absolute atomic E-state index is 0.0238. The van der Waals surface area contributed by atoms with E-state index in [1.54, 1.807) is 6.92 Å². The van der Waals surface area contributed by atoms with Crippen molar-refractivity contribution < 1.29 is 13.2 Å². The summed E-state index contributed by atoms with van der Waals surface area (Å²) >= 11 is 0. The molecule has 170 valence electrons. The molecular weight excluding hydrogens is 421 g/mol. The Balaban J connectivity index is 1.70. The zero-order chi connectivity index (χ0) is 23.0. The Morgan fingerprint density at radius 2 is 2.03 bits per heavy atom. The predicted molar refractivity (Wildman–Crippen MR) is 118 cm³/mol. The van der Waals surface area contributed by atoms with Gasteiger partial charge >= 0.3 is 6.18 Å². The lowest BCUT2D eigenvalue weighted by molar-refractivity contribution is -0.137. The van der Waals surface area contributed by atoms with Crippen molar-refractivity contribution in [1.82, 2.24) is 20.1 Å². The number of hydrogen-bond acceptors (Lipinski definition) is 6. The highest BCUT2D eigenvalue weighted by Crippen LogP contribution is 2.34. The Kier molecular flexibility index (Phi) is 5.81. The van der Waals surface area contributed by atoms with E-state index in [1.807, 2.05) is 6.07 Å². The molecule has 2 aromatic heterocycles. The van der Waals surface area contributed by atoms with Crippen molar-refractivity contribution in [2.75, 3.05) is 31.2 Å². The Bertz CT molecular complexity index is 1190. The molecule has 4 rings (SSSR count). The molecule has 1 saturated heterocycles. The summed E-state index contributed by atoms with van der Waals surface area (Å²) in [6.07, 6.45) is -0.895. The maximum Gasteiger partial charge on any atom is 0.416 e. The standard InChI is InChI=1S/C22H25F3N6O/c1-12(14-6-15(22(23,24)25)8-16(26)7-14)28-20-17-9-19(13-4-3-5-31(2)11-13)27-10-18(17)21(32)30-29-20/h6-10,12-13H,3-5,11,26H2,1-2H3,(H,28,29)(H,30,32)/t12-,13-/m1/s1. The second-order valence-corrected chi connectivity index (χ2v) is 8.41. The molecule has 2 atom stereocenters. The van der Waals surface area contributed by atoms with E-state index in [1.165, 1.54) is 12.3 Å². The Morgan fingerprint density at radius 3 is 2.75 bits per heavy atom. The normalized spacial score (nSPS) is 18.6. The van der Waals surface area contributed by atoms with Crippen LogP contribution in [0.25, 0.3) is 10.8 Å². The number of pyridine rings is 1. The van der Waals surface area contributed by atoms with Gasteiger partial charge in [-0.3, -0.25) is 9.78 Å². The van der Waals surface area contributed by atoms with E-state index in [0.29, 0.717) is 22.2 Å². The fourth-order valence-electron chi connectivity index (χ4n) is 4.20. The van der Waals surface area contributed by atoms with Crippen molar-refractivity contribution in [3.8, 4) is 0 Å². The van der Waals surface area contributed by atoms with Crippen LogP contribution in [-0.4, -0.2) is 40.2 Å². The van der Waals surface area contributed by atoms with Gasteiger partial charge in [0.1, 0.15) is 0 Å². The van der Waals surface area contributed by atoms with Gasteiger partial charge in [-0.15, -0.1) is 0 Å². The summed E-state index contributed by atoms with van der Waals surface area (Å²) in [5, 5.41) is 10.6. The predicted octanol–water partition coefficient (Wildman–Crippen LogP) is 3.90. The van der Waals surface area contributed by atoms with E-state index in [2.05, 4.69) is 32.4 Å². The van der Waals surface area contributed by atoms with Gasteiger partial charge in [-0.2, -0.15) is 18.3 Å². The number of alkyl halides is 3. The van der Waals surface area contributed by atoms with Gasteiger partial charge in [-0.05, 0) is 63.2 Å². The average Bonchev–Trinajstić information content (AvgIpc) is 2.74. The van der Waals surface area contributed by atoms with Crippen LogP contribution in [0.4, 0.5) is 24.7 Å². The number of halogens is 3. The largest absolute Gasteiger partial charge is 0.416 e.